The van der Waals surface area contributed by atoms with Crippen LogP contribution in [0.5, 0.6) is 0 Å². The molecule has 2 heterocycles. The van der Waals surface area contributed by atoms with Crippen LogP contribution < -0.4 is 11.1 Å². The molecule has 2 aromatic carbocycles. The maximum atomic E-state index is 13.3. The molecule has 1 saturated heterocycles. The Morgan fingerprint density at radius 2 is 1.73 bits per heavy atom. The topological polar surface area (TPSA) is 80.5 Å². The number of nitrogens with two attached hydrogens (primary N) is 1. The number of ether oxygens (including phenoxy) is 1. The van der Waals surface area contributed by atoms with Gasteiger partial charge in [-0.2, -0.15) is 0 Å². The Labute approximate surface area is 239 Å². The fourth-order valence-electron chi connectivity index (χ4n) is 6.03. The highest BCUT2D eigenvalue weighted by atomic mass is 16.5. The summed E-state index contributed by atoms with van der Waals surface area (Å²) in [6.07, 6.45) is 9.57. The molecule has 0 bridgehead atoms. The predicted molar refractivity (Wildman–Crippen MR) is 162 cm³/mol. The van der Waals surface area contributed by atoms with Gasteiger partial charge >= 0.3 is 0 Å². The van der Waals surface area contributed by atoms with E-state index >= 15 is 0 Å². The van der Waals surface area contributed by atoms with E-state index in [1.54, 1.807) is 6.20 Å². The maximum Gasteiger partial charge on any atom is 0.255 e. The largest absolute Gasteiger partial charge is 0.383 e. The first-order valence-electron chi connectivity index (χ1n) is 14.9. The number of carbonyl (C=O) groups excluding carboxylic acids is 1. The number of rotatable bonds is 9. The van der Waals surface area contributed by atoms with Crippen LogP contribution >= 0.6 is 0 Å². The van der Waals surface area contributed by atoms with Crippen LogP contribution in [0.3, 0.4) is 0 Å². The summed E-state index contributed by atoms with van der Waals surface area (Å²) in [4.78, 5) is 20.1. The maximum absolute atomic E-state index is 13.3. The zero-order valence-electron chi connectivity index (χ0n) is 24.3. The lowest BCUT2D eigenvalue weighted by Crippen LogP contribution is -2.41. The predicted octanol–water partition coefficient (Wildman–Crippen LogP) is 6.09. The average molecular weight is 541 g/mol. The summed E-state index contributed by atoms with van der Waals surface area (Å²) in [5, 5.41) is 3.19. The normalized spacial score (nSPS) is 20.1. The van der Waals surface area contributed by atoms with Gasteiger partial charge in [0.25, 0.3) is 5.91 Å². The number of pyridine rings is 1. The van der Waals surface area contributed by atoms with E-state index in [0.29, 0.717) is 12.2 Å². The van der Waals surface area contributed by atoms with Gasteiger partial charge in [-0.3, -0.25) is 4.79 Å². The summed E-state index contributed by atoms with van der Waals surface area (Å²) in [7, 11) is 2.21. The van der Waals surface area contributed by atoms with E-state index in [9.17, 15) is 4.79 Å². The molecule has 2 fully saturated rings. The number of hydrogen-bond acceptors (Lipinski definition) is 5. The van der Waals surface area contributed by atoms with Crippen molar-refractivity contribution >= 4 is 11.7 Å². The lowest BCUT2D eigenvalue weighted by Gasteiger charge is -2.28. The van der Waals surface area contributed by atoms with Crippen molar-refractivity contribution in [2.75, 3.05) is 25.9 Å². The molecule has 6 heteroatoms. The van der Waals surface area contributed by atoms with E-state index in [0.717, 1.165) is 48.3 Å². The second-order valence-electron chi connectivity index (χ2n) is 11.9. The van der Waals surface area contributed by atoms with Gasteiger partial charge in [0.1, 0.15) is 5.82 Å². The zero-order chi connectivity index (χ0) is 28.1. The minimum Gasteiger partial charge on any atom is -0.383 e. The lowest BCUT2D eigenvalue weighted by atomic mass is 9.90. The third-order valence-corrected chi connectivity index (χ3v) is 8.93. The molecule has 2 atom stereocenters. The van der Waals surface area contributed by atoms with Crippen molar-refractivity contribution in [1.29, 1.82) is 0 Å². The van der Waals surface area contributed by atoms with Gasteiger partial charge in [0.2, 0.25) is 0 Å². The number of amides is 1. The number of piperidine rings is 1. The first kappa shape index (κ1) is 28.3. The molecule has 6 nitrogen and oxygen atoms in total. The number of aromatic nitrogens is 1. The summed E-state index contributed by atoms with van der Waals surface area (Å²) in [6, 6.07) is 16.9. The molecule has 40 heavy (non-hydrogen) atoms. The van der Waals surface area contributed by atoms with E-state index < -0.39 is 0 Å². The minimum absolute atomic E-state index is 0.00927. The summed E-state index contributed by atoms with van der Waals surface area (Å²) in [6.45, 7) is 7.21. The monoisotopic (exact) mass is 540 g/mol. The van der Waals surface area contributed by atoms with E-state index in [1.807, 2.05) is 6.07 Å². The number of carbonyl (C=O) groups is 1. The van der Waals surface area contributed by atoms with Gasteiger partial charge < -0.3 is 20.7 Å². The van der Waals surface area contributed by atoms with Crippen molar-refractivity contribution in [3.63, 3.8) is 0 Å². The number of nitrogen functional groups attached to an aromatic ring is 1. The molecule has 3 aromatic rings. The van der Waals surface area contributed by atoms with Gasteiger partial charge in [-0.05, 0) is 119 Å². The first-order valence-corrected chi connectivity index (χ1v) is 14.9. The summed E-state index contributed by atoms with van der Waals surface area (Å²) in [5.74, 6) is 0.893. The Morgan fingerprint density at radius 1 is 0.975 bits per heavy atom. The Kier molecular flexibility index (Phi) is 9.18. The first-order chi connectivity index (χ1) is 19.4. The molecule has 212 valence electrons. The number of nitrogens with one attached hydrogen (secondary N) is 1. The average Bonchev–Trinajstić information content (AvgIpc) is 3.40. The van der Waals surface area contributed by atoms with Crippen LogP contribution in [0.4, 0.5) is 5.82 Å². The Hall–Kier alpha value is -3.22. The van der Waals surface area contributed by atoms with Crippen molar-refractivity contribution < 1.29 is 9.53 Å². The summed E-state index contributed by atoms with van der Waals surface area (Å²) in [5.41, 5.74) is 13.6. The van der Waals surface area contributed by atoms with Crippen LogP contribution in [0.1, 0.15) is 71.1 Å². The van der Waals surface area contributed by atoms with Crippen LogP contribution in [0, 0.1) is 19.8 Å². The Balaban J connectivity index is 1.18. The SMILES string of the molecule is Cc1ccc(CO[C@H]2CCC[C@@H]2NC(=O)c2cc(-c3ccc(CCC4CCN(C)CC4)cc3)cnc2N)cc1C. The Morgan fingerprint density at radius 3 is 2.48 bits per heavy atom. The number of benzene rings is 2. The third-order valence-electron chi connectivity index (χ3n) is 8.93. The fraction of sp³-hybridized carbons (Fsp3) is 0.471. The van der Waals surface area contributed by atoms with Crippen molar-refractivity contribution in [1.82, 2.24) is 15.2 Å². The molecule has 0 spiro atoms. The zero-order valence-corrected chi connectivity index (χ0v) is 24.3. The standard InChI is InChI=1S/C34H44N4O2/c1-23-7-8-27(19-24(23)2)22-40-32-6-4-5-31(32)37-34(39)30-20-29(21-36-33(30)35)28-13-11-25(12-14-28)9-10-26-15-17-38(3)18-16-26/h7-8,11-14,19-21,26,31-32H,4-6,9-10,15-18,22H2,1-3H3,(H2,35,36)(H,37,39)/t31-,32-/m0/s1. The Bertz CT molecular complexity index is 1300. The molecule has 1 aliphatic carbocycles. The molecule has 1 amide bonds. The van der Waals surface area contributed by atoms with E-state index in [2.05, 4.69) is 78.6 Å². The smallest absolute Gasteiger partial charge is 0.255 e. The van der Waals surface area contributed by atoms with Gasteiger partial charge in [-0.1, -0.05) is 42.5 Å². The van der Waals surface area contributed by atoms with E-state index in [4.69, 9.17) is 10.5 Å². The molecule has 0 radical (unpaired) electrons. The molecule has 1 aliphatic heterocycles. The second kappa shape index (κ2) is 13.0. The molecule has 1 saturated carbocycles. The van der Waals surface area contributed by atoms with Crippen molar-refractivity contribution in [3.8, 4) is 11.1 Å². The van der Waals surface area contributed by atoms with Gasteiger partial charge in [0, 0.05) is 11.8 Å². The number of nitrogens with zero attached hydrogens (tertiary/aromatic N) is 2. The summed E-state index contributed by atoms with van der Waals surface area (Å²) >= 11 is 0. The molecular weight excluding hydrogens is 496 g/mol. The van der Waals surface area contributed by atoms with Crippen molar-refractivity contribution in [3.05, 3.63) is 82.5 Å². The molecule has 3 N–H and O–H groups in total. The highest BCUT2D eigenvalue weighted by Gasteiger charge is 2.30. The fourth-order valence-corrected chi connectivity index (χ4v) is 6.03. The number of aryl methyl sites for hydroxylation is 3. The minimum atomic E-state index is -0.187. The molecule has 5 rings (SSSR count). The molecule has 1 aromatic heterocycles. The van der Waals surface area contributed by atoms with Crippen LogP contribution in [0.15, 0.2) is 54.7 Å². The van der Waals surface area contributed by atoms with E-state index in [-0.39, 0.29) is 23.9 Å². The van der Waals surface area contributed by atoms with Crippen molar-refractivity contribution in [2.45, 2.75) is 77.5 Å². The van der Waals surface area contributed by atoms with Crippen molar-refractivity contribution in [2.24, 2.45) is 5.92 Å². The quantitative estimate of drug-likeness (QED) is 0.343. The third kappa shape index (κ3) is 7.10. The van der Waals surface area contributed by atoms with Gasteiger partial charge in [-0.15, -0.1) is 0 Å². The second-order valence-corrected chi connectivity index (χ2v) is 11.9. The highest BCUT2D eigenvalue weighted by Crippen LogP contribution is 2.27. The van der Waals surface area contributed by atoms with Crippen LogP contribution in [-0.2, 0) is 17.8 Å². The lowest BCUT2D eigenvalue weighted by molar-refractivity contribution is 0.0272. The van der Waals surface area contributed by atoms with Gasteiger partial charge in [0.15, 0.2) is 0 Å². The van der Waals surface area contributed by atoms with E-state index in [1.165, 1.54) is 49.0 Å². The summed E-state index contributed by atoms with van der Waals surface area (Å²) < 4.78 is 6.27. The number of anilines is 1. The highest BCUT2D eigenvalue weighted by molar-refractivity contribution is 5.99. The van der Waals surface area contributed by atoms with Gasteiger partial charge in [0.05, 0.1) is 24.3 Å². The molecular formula is C34H44N4O2. The molecule has 0 unspecified atom stereocenters. The van der Waals surface area contributed by atoms with Crippen LogP contribution in [-0.4, -0.2) is 48.1 Å². The van der Waals surface area contributed by atoms with Crippen LogP contribution in [0.2, 0.25) is 0 Å². The number of likely N-dealkylation sites (tertiary alicyclic amines) is 1. The van der Waals surface area contributed by atoms with Crippen LogP contribution in [0.25, 0.3) is 11.1 Å². The molecule has 2 aliphatic rings. The number of hydrogen-bond donors (Lipinski definition) is 2. The van der Waals surface area contributed by atoms with Gasteiger partial charge in [-0.25, -0.2) is 4.98 Å².